The predicted molar refractivity (Wildman–Crippen MR) is 92.6 cm³/mol. The summed E-state index contributed by atoms with van der Waals surface area (Å²) in [6.45, 7) is 2.52. The molecule has 0 amide bonds. The lowest BCUT2D eigenvalue weighted by Crippen LogP contribution is -2.58. The maximum absolute atomic E-state index is 10.3. The first-order chi connectivity index (χ1) is 12.1. The maximum Gasteiger partial charge on any atom is 0.183 e. The van der Waals surface area contributed by atoms with Crippen LogP contribution in [0.1, 0.15) is 18.1 Å². The quantitative estimate of drug-likeness (QED) is 0.841. The van der Waals surface area contributed by atoms with Crippen LogP contribution >= 0.6 is 0 Å². The zero-order chi connectivity index (χ0) is 17.6. The van der Waals surface area contributed by atoms with Crippen LogP contribution < -0.4 is 0 Å². The average molecular weight is 344 g/mol. The van der Waals surface area contributed by atoms with Gasteiger partial charge in [0.05, 0.1) is 19.3 Å². The number of hydrogen-bond acceptors (Lipinski definition) is 5. The third-order valence-electron chi connectivity index (χ3n) is 4.34. The lowest BCUT2D eigenvalue weighted by Gasteiger charge is -2.41. The van der Waals surface area contributed by atoms with Gasteiger partial charge in [-0.3, -0.25) is 0 Å². The molecule has 0 bridgehead atoms. The second-order valence-corrected chi connectivity index (χ2v) is 6.24. The molecule has 0 spiro atoms. The van der Waals surface area contributed by atoms with Crippen LogP contribution in [0.25, 0.3) is 0 Å². The first kappa shape index (κ1) is 18.0. The molecular weight excluding hydrogens is 320 g/mol. The molecule has 5 heteroatoms. The van der Waals surface area contributed by atoms with Gasteiger partial charge in [-0.1, -0.05) is 60.7 Å². The van der Waals surface area contributed by atoms with Gasteiger partial charge < -0.3 is 24.4 Å². The van der Waals surface area contributed by atoms with E-state index < -0.39 is 30.7 Å². The Hall–Kier alpha value is -1.76. The molecule has 0 aromatic heterocycles. The van der Waals surface area contributed by atoms with Crippen LogP contribution in [0.15, 0.2) is 60.7 Å². The number of hydrogen-bond donors (Lipinski definition) is 2. The Bertz CT molecular complexity index is 633. The van der Waals surface area contributed by atoms with Gasteiger partial charge in [-0.2, -0.15) is 0 Å². The van der Waals surface area contributed by atoms with Crippen molar-refractivity contribution in [2.45, 2.75) is 50.8 Å². The Labute approximate surface area is 147 Å². The molecule has 5 nitrogen and oxygen atoms in total. The highest BCUT2D eigenvalue weighted by Gasteiger charge is 2.44. The fourth-order valence-electron chi connectivity index (χ4n) is 2.96. The van der Waals surface area contributed by atoms with Gasteiger partial charge in [0, 0.05) is 0 Å². The van der Waals surface area contributed by atoms with E-state index in [2.05, 4.69) is 0 Å². The van der Waals surface area contributed by atoms with E-state index in [9.17, 15) is 10.2 Å². The molecule has 134 valence electrons. The predicted octanol–water partition coefficient (Wildman–Crippen LogP) is 2.26. The number of aliphatic hydroxyl groups is 2. The Morgan fingerprint density at radius 1 is 0.800 bits per heavy atom. The van der Waals surface area contributed by atoms with E-state index in [4.69, 9.17) is 14.2 Å². The van der Waals surface area contributed by atoms with E-state index in [1.165, 1.54) is 0 Å². The Morgan fingerprint density at radius 2 is 1.28 bits per heavy atom. The molecule has 2 aromatic carbocycles. The van der Waals surface area contributed by atoms with Crippen molar-refractivity contribution in [1.82, 2.24) is 0 Å². The first-order valence-corrected chi connectivity index (χ1v) is 8.48. The Kier molecular flexibility index (Phi) is 6.18. The van der Waals surface area contributed by atoms with Crippen molar-refractivity contribution < 1.29 is 24.4 Å². The van der Waals surface area contributed by atoms with Crippen LogP contribution in [0.4, 0.5) is 0 Å². The van der Waals surface area contributed by atoms with Gasteiger partial charge in [0.1, 0.15) is 18.3 Å². The monoisotopic (exact) mass is 344 g/mol. The van der Waals surface area contributed by atoms with Crippen LogP contribution in [0.3, 0.4) is 0 Å². The third-order valence-corrected chi connectivity index (χ3v) is 4.34. The van der Waals surface area contributed by atoms with E-state index >= 15 is 0 Å². The minimum Gasteiger partial charge on any atom is -0.385 e. The summed E-state index contributed by atoms with van der Waals surface area (Å²) in [6, 6.07) is 19.5. The molecule has 1 saturated heterocycles. The molecule has 2 N–H and O–H groups in total. The van der Waals surface area contributed by atoms with Crippen molar-refractivity contribution in [3.05, 3.63) is 71.8 Å². The second-order valence-electron chi connectivity index (χ2n) is 6.24. The van der Waals surface area contributed by atoms with Gasteiger partial charge in [-0.15, -0.1) is 0 Å². The highest BCUT2D eigenvalue weighted by atomic mass is 16.7. The maximum atomic E-state index is 10.3. The van der Waals surface area contributed by atoms with Crippen molar-refractivity contribution >= 4 is 0 Å². The molecule has 2 aromatic rings. The molecule has 5 atom stereocenters. The molecule has 1 heterocycles. The topological polar surface area (TPSA) is 68.2 Å². The van der Waals surface area contributed by atoms with Gasteiger partial charge in [0.25, 0.3) is 0 Å². The summed E-state index contributed by atoms with van der Waals surface area (Å²) in [7, 11) is 0. The lowest BCUT2D eigenvalue weighted by atomic mass is 9.99. The van der Waals surface area contributed by atoms with Crippen molar-refractivity contribution in [2.75, 3.05) is 0 Å². The number of ether oxygens (including phenoxy) is 3. The van der Waals surface area contributed by atoms with E-state index in [0.717, 1.165) is 11.1 Å². The smallest absolute Gasteiger partial charge is 0.183 e. The lowest BCUT2D eigenvalue weighted by molar-refractivity contribution is -0.297. The van der Waals surface area contributed by atoms with Crippen LogP contribution in [0.2, 0.25) is 0 Å². The number of benzene rings is 2. The molecule has 1 fully saturated rings. The van der Waals surface area contributed by atoms with Crippen LogP contribution in [-0.4, -0.2) is 40.9 Å². The summed E-state index contributed by atoms with van der Waals surface area (Å²) in [5, 5.41) is 20.2. The van der Waals surface area contributed by atoms with Gasteiger partial charge in [-0.25, -0.2) is 0 Å². The minimum absolute atomic E-state index is 0.327. The zero-order valence-electron chi connectivity index (χ0n) is 14.2. The molecule has 0 radical (unpaired) electrons. The van der Waals surface area contributed by atoms with Gasteiger partial charge >= 0.3 is 0 Å². The molecule has 1 aliphatic heterocycles. The Morgan fingerprint density at radius 3 is 1.80 bits per heavy atom. The van der Waals surface area contributed by atoms with E-state index in [-0.39, 0.29) is 0 Å². The van der Waals surface area contributed by atoms with Crippen molar-refractivity contribution in [1.29, 1.82) is 0 Å². The molecule has 0 aliphatic carbocycles. The first-order valence-electron chi connectivity index (χ1n) is 8.48. The molecule has 1 unspecified atom stereocenters. The molecule has 0 saturated carbocycles. The van der Waals surface area contributed by atoms with Crippen molar-refractivity contribution in [3.63, 3.8) is 0 Å². The standard InChI is InChI=1S/C20H24O5/c1-14-18(23-12-15-8-4-2-5-9-15)19(17(21)20(22)25-14)24-13-16-10-6-3-7-11-16/h2-11,14,17-22H,12-13H2,1H3/t14-,17+,18-,19-,20?/m0/s1. The van der Waals surface area contributed by atoms with Crippen molar-refractivity contribution in [2.24, 2.45) is 0 Å². The van der Waals surface area contributed by atoms with E-state index in [0.29, 0.717) is 13.2 Å². The summed E-state index contributed by atoms with van der Waals surface area (Å²) < 4.78 is 17.3. The second kappa shape index (κ2) is 8.56. The van der Waals surface area contributed by atoms with Gasteiger partial charge in [-0.05, 0) is 18.1 Å². The van der Waals surface area contributed by atoms with Crippen LogP contribution in [0.5, 0.6) is 0 Å². The molecule has 3 rings (SSSR count). The zero-order valence-corrected chi connectivity index (χ0v) is 14.2. The van der Waals surface area contributed by atoms with Crippen LogP contribution in [0, 0.1) is 0 Å². The minimum atomic E-state index is -1.28. The summed E-state index contributed by atoms with van der Waals surface area (Å²) in [5.74, 6) is 0. The summed E-state index contributed by atoms with van der Waals surface area (Å²) >= 11 is 0. The average Bonchev–Trinajstić information content (AvgIpc) is 2.64. The summed E-state index contributed by atoms with van der Waals surface area (Å²) in [4.78, 5) is 0. The Balaban J connectivity index is 1.67. The normalized spacial score (nSPS) is 29.5. The van der Waals surface area contributed by atoms with Crippen molar-refractivity contribution in [3.8, 4) is 0 Å². The van der Waals surface area contributed by atoms with E-state index in [1.807, 2.05) is 67.6 Å². The summed E-state index contributed by atoms with van der Waals surface area (Å²) in [5.41, 5.74) is 2.02. The molecule has 1 aliphatic rings. The summed E-state index contributed by atoms with van der Waals surface area (Å²) in [6.07, 6.45) is -4.01. The number of aliphatic hydroxyl groups excluding tert-OH is 2. The number of rotatable bonds is 6. The largest absolute Gasteiger partial charge is 0.385 e. The highest BCUT2D eigenvalue weighted by Crippen LogP contribution is 2.26. The molecular formula is C20H24O5. The molecule has 25 heavy (non-hydrogen) atoms. The fraction of sp³-hybridized carbons (Fsp3) is 0.400. The van der Waals surface area contributed by atoms with Gasteiger partial charge in [0.2, 0.25) is 0 Å². The third kappa shape index (κ3) is 4.66. The SMILES string of the molecule is C[C@@H]1OC(O)[C@H](O)[C@H](OCc2ccccc2)[C@H]1OCc1ccccc1. The van der Waals surface area contributed by atoms with E-state index in [1.54, 1.807) is 0 Å². The van der Waals surface area contributed by atoms with Gasteiger partial charge in [0.15, 0.2) is 6.29 Å². The van der Waals surface area contributed by atoms with Crippen LogP contribution in [-0.2, 0) is 27.4 Å². The fourth-order valence-corrected chi connectivity index (χ4v) is 2.96. The highest BCUT2D eigenvalue weighted by molar-refractivity contribution is 5.14.